The average Bonchev–Trinajstić information content (AvgIpc) is 2.27. The summed E-state index contributed by atoms with van der Waals surface area (Å²) >= 11 is 0. The van der Waals surface area contributed by atoms with Gasteiger partial charge in [-0.2, -0.15) is 0 Å². The Morgan fingerprint density at radius 2 is 2.06 bits per heavy atom. The van der Waals surface area contributed by atoms with E-state index in [2.05, 4.69) is 27.4 Å². The van der Waals surface area contributed by atoms with Gasteiger partial charge >= 0.3 is 0 Å². The van der Waals surface area contributed by atoms with Crippen LogP contribution in [0.1, 0.15) is 27.2 Å². The topological polar surface area (TPSA) is 3.24 Å². The highest BCUT2D eigenvalue weighted by molar-refractivity contribution is 5.35. The van der Waals surface area contributed by atoms with E-state index in [1.807, 2.05) is 6.20 Å². The average molecular weight is 239 g/mol. The predicted octanol–water partition coefficient (Wildman–Crippen LogP) is 4.47. The zero-order valence-electron chi connectivity index (χ0n) is 10.6. The molecule has 0 aromatic heterocycles. The third-order valence-corrected chi connectivity index (χ3v) is 2.79. The first-order valence-corrected chi connectivity index (χ1v) is 5.81. The maximum absolute atomic E-state index is 12.6. The predicted molar refractivity (Wildman–Crippen MR) is 67.4 cm³/mol. The van der Waals surface area contributed by atoms with Gasteiger partial charge in [0, 0.05) is 23.7 Å². The molecular weight excluding hydrogens is 220 g/mol. The first-order valence-electron chi connectivity index (χ1n) is 5.81. The largest absolute Gasteiger partial charge is 0.324 e. The molecule has 0 spiro atoms. The molecule has 0 unspecified atom stereocenters. The van der Waals surface area contributed by atoms with Gasteiger partial charge in [0.25, 0.3) is 6.43 Å². The van der Waals surface area contributed by atoms with Crippen molar-refractivity contribution in [2.24, 2.45) is 5.92 Å². The molecule has 17 heavy (non-hydrogen) atoms. The quantitative estimate of drug-likeness (QED) is 0.699. The second-order valence-electron chi connectivity index (χ2n) is 4.37. The molecule has 1 rings (SSSR count). The first kappa shape index (κ1) is 13.7. The Morgan fingerprint density at radius 1 is 1.41 bits per heavy atom. The highest BCUT2D eigenvalue weighted by atomic mass is 19.3. The standard InChI is InChI=1S/C14H19F2N/c1-5-12(10(2)3)8-17-9-13(14(15)16)7-6-11(17)4/h6-10,14H,4-5H2,1-3H3/b12-8+. The molecule has 94 valence electrons. The van der Waals surface area contributed by atoms with E-state index in [0.717, 1.165) is 6.42 Å². The molecule has 0 radical (unpaired) electrons. The van der Waals surface area contributed by atoms with Crippen LogP contribution in [0.15, 0.2) is 48.0 Å². The molecule has 0 aliphatic carbocycles. The third-order valence-electron chi connectivity index (χ3n) is 2.79. The molecule has 3 heteroatoms. The molecule has 0 N–H and O–H groups in total. The van der Waals surface area contributed by atoms with E-state index in [9.17, 15) is 8.78 Å². The van der Waals surface area contributed by atoms with E-state index in [0.29, 0.717) is 11.6 Å². The minimum atomic E-state index is -2.45. The minimum absolute atomic E-state index is 0.0212. The molecule has 0 bridgehead atoms. The maximum atomic E-state index is 12.6. The maximum Gasteiger partial charge on any atom is 0.265 e. The molecule has 0 fully saturated rings. The van der Waals surface area contributed by atoms with Gasteiger partial charge in [0.15, 0.2) is 0 Å². The van der Waals surface area contributed by atoms with Gasteiger partial charge in [0.2, 0.25) is 0 Å². The molecule has 0 atom stereocenters. The molecular formula is C14H19F2N. The zero-order chi connectivity index (χ0) is 13.0. The molecule has 0 aromatic rings. The number of hydrogen-bond donors (Lipinski definition) is 0. The summed E-state index contributed by atoms with van der Waals surface area (Å²) < 4.78 is 25.2. The Bertz CT molecular complexity index is 376. The summed E-state index contributed by atoms with van der Waals surface area (Å²) in [7, 11) is 0. The fraction of sp³-hybridized carbons (Fsp3) is 0.429. The van der Waals surface area contributed by atoms with Crippen LogP contribution in [0.4, 0.5) is 8.78 Å². The number of rotatable bonds is 4. The highest BCUT2D eigenvalue weighted by Crippen LogP contribution is 2.23. The fourth-order valence-electron chi connectivity index (χ4n) is 1.64. The number of nitrogens with zero attached hydrogens (tertiary/aromatic N) is 1. The molecule has 0 amide bonds. The lowest BCUT2D eigenvalue weighted by atomic mass is 10.0. The lowest BCUT2D eigenvalue weighted by Crippen LogP contribution is -2.15. The van der Waals surface area contributed by atoms with Crippen LogP contribution in [-0.4, -0.2) is 11.3 Å². The van der Waals surface area contributed by atoms with Gasteiger partial charge in [-0.3, -0.25) is 0 Å². The summed E-state index contributed by atoms with van der Waals surface area (Å²) in [5.74, 6) is 0.405. The Morgan fingerprint density at radius 3 is 2.53 bits per heavy atom. The van der Waals surface area contributed by atoms with E-state index in [1.54, 1.807) is 11.0 Å². The number of hydrogen-bond acceptors (Lipinski definition) is 1. The Balaban J connectivity index is 2.97. The first-order chi connectivity index (χ1) is 7.95. The van der Waals surface area contributed by atoms with Gasteiger partial charge in [0.1, 0.15) is 0 Å². The van der Waals surface area contributed by atoms with Crippen molar-refractivity contribution in [3.05, 3.63) is 48.0 Å². The van der Waals surface area contributed by atoms with Crippen LogP contribution >= 0.6 is 0 Å². The summed E-state index contributed by atoms with van der Waals surface area (Å²) in [4.78, 5) is 1.68. The summed E-state index contributed by atoms with van der Waals surface area (Å²) in [6, 6.07) is 0. The second-order valence-corrected chi connectivity index (χ2v) is 4.37. The van der Waals surface area contributed by atoms with Crippen LogP contribution in [0.5, 0.6) is 0 Å². The van der Waals surface area contributed by atoms with Crippen LogP contribution in [-0.2, 0) is 0 Å². The Kier molecular flexibility index (Phi) is 4.67. The monoisotopic (exact) mass is 239 g/mol. The van der Waals surface area contributed by atoms with Crippen molar-refractivity contribution in [2.75, 3.05) is 0 Å². The molecule has 0 saturated carbocycles. The number of halogens is 2. The van der Waals surface area contributed by atoms with Crippen molar-refractivity contribution in [1.29, 1.82) is 0 Å². The van der Waals surface area contributed by atoms with E-state index in [4.69, 9.17) is 0 Å². The van der Waals surface area contributed by atoms with Crippen LogP contribution in [0.25, 0.3) is 0 Å². The van der Waals surface area contributed by atoms with Crippen LogP contribution < -0.4 is 0 Å². The van der Waals surface area contributed by atoms with Gasteiger partial charge in [-0.1, -0.05) is 32.9 Å². The number of alkyl halides is 2. The lowest BCUT2D eigenvalue weighted by Gasteiger charge is -2.23. The molecule has 1 aliphatic rings. The molecule has 1 aliphatic heterocycles. The molecule has 0 saturated heterocycles. The molecule has 0 aromatic carbocycles. The van der Waals surface area contributed by atoms with Crippen LogP contribution in [0.2, 0.25) is 0 Å². The second kappa shape index (κ2) is 5.80. The van der Waals surface area contributed by atoms with Crippen molar-refractivity contribution < 1.29 is 8.78 Å². The smallest absolute Gasteiger partial charge is 0.265 e. The van der Waals surface area contributed by atoms with Crippen molar-refractivity contribution >= 4 is 0 Å². The Hall–Kier alpha value is -1.38. The van der Waals surface area contributed by atoms with E-state index in [1.165, 1.54) is 17.8 Å². The van der Waals surface area contributed by atoms with Gasteiger partial charge in [-0.25, -0.2) is 8.78 Å². The summed E-state index contributed by atoms with van der Waals surface area (Å²) in [6.45, 7) is 10.1. The minimum Gasteiger partial charge on any atom is -0.324 e. The van der Waals surface area contributed by atoms with Gasteiger partial charge in [-0.15, -0.1) is 0 Å². The summed E-state index contributed by atoms with van der Waals surface area (Å²) in [5, 5.41) is 0. The van der Waals surface area contributed by atoms with Crippen LogP contribution in [0.3, 0.4) is 0 Å². The van der Waals surface area contributed by atoms with Gasteiger partial charge in [0.05, 0.1) is 0 Å². The van der Waals surface area contributed by atoms with Gasteiger partial charge < -0.3 is 4.90 Å². The van der Waals surface area contributed by atoms with Crippen LogP contribution in [0, 0.1) is 5.92 Å². The van der Waals surface area contributed by atoms with Crippen molar-refractivity contribution in [3.8, 4) is 0 Å². The van der Waals surface area contributed by atoms with E-state index < -0.39 is 6.43 Å². The van der Waals surface area contributed by atoms with Gasteiger partial charge in [-0.05, 0) is 24.5 Å². The third kappa shape index (κ3) is 3.55. The van der Waals surface area contributed by atoms with Crippen molar-refractivity contribution in [2.45, 2.75) is 33.6 Å². The van der Waals surface area contributed by atoms with E-state index >= 15 is 0 Å². The lowest BCUT2D eigenvalue weighted by molar-refractivity contribution is 0.192. The number of allylic oxidation sites excluding steroid dienone is 4. The molecule has 1 heterocycles. The zero-order valence-corrected chi connectivity index (χ0v) is 10.6. The normalized spacial score (nSPS) is 17.1. The Labute approximate surface area is 102 Å². The van der Waals surface area contributed by atoms with Crippen molar-refractivity contribution in [1.82, 2.24) is 4.90 Å². The summed E-state index contributed by atoms with van der Waals surface area (Å²) in [5.41, 5.74) is 1.94. The SMILES string of the molecule is C=C1C=CC(C(F)F)=CN1/C=C(\CC)C(C)C. The molecule has 1 nitrogen and oxygen atoms in total. The van der Waals surface area contributed by atoms with E-state index in [-0.39, 0.29) is 5.57 Å². The fourth-order valence-corrected chi connectivity index (χ4v) is 1.64. The highest BCUT2D eigenvalue weighted by Gasteiger charge is 2.15. The van der Waals surface area contributed by atoms with Crippen molar-refractivity contribution in [3.63, 3.8) is 0 Å². The summed E-state index contributed by atoms with van der Waals surface area (Å²) in [6.07, 6.45) is 4.84.